The Balaban J connectivity index is 2.04. The standard InChI is InChI=1S/C12H25N3O/c1-10(2)12(16)14-7-6-13-11-5-4-8-15(3)9-11/h10-11,13H,4-9H2,1-3H3,(H,14,16). The number of nitrogens with zero attached hydrogens (tertiary/aromatic N) is 1. The van der Waals surface area contributed by atoms with E-state index in [-0.39, 0.29) is 11.8 Å². The lowest BCUT2D eigenvalue weighted by Crippen LogP contribution is -2.46. The van der Waals surface area contributed by atoms with Crippen LogP contribution in [0.25, 0.3) is 0 Å². The Kier molecular flexibility index (Phi) is 5.77. The van der Waals surface area contributed by atoms with Crippen LogP contribution in [0, 0.1) is 5.92 Å². The van der Waals surface area contributed by atoms with Gasteiger partial charge >= 0.3 is 0 Å². The predicted molar refractivity (Wildman–Crippen MR) is 66.4 cm³/mol. The zero-order valence-corrected chi connectivity index (χ0v) is 10.8. The number of likely N-dealkylation sites (tertiary alicyclic amines) is 1. The number of rotatable bonds is 5. The van der Waals surface area contributed by atoms with Crippen molar-refractivity contribution in [2.45, 2.75) is 32.7 Å². The molecule has 1 atom stereocenters. The van der Waals surface area contributed by atoms with Crippen molar-refractivity contribution < 1.29 is 4.79 Å². The van der Waals surface area contributed by atoms with Crippen LogP contribution in [0.4, 0.5) is 0 Å². The third kappa shape index (κ3) is 4.94. The zero-order valence-electron chi connectivity index (χ0n) is 10.8. The molecule has 1 unspecified atom stereocenters. The van der Waals surface area contributed by atoms with Gasteiger partial charge in [-0.1, -0.05) is 13.8 Å². The van der Waals surface area contributed by atoms with Crippen molar-refractivity contribution in [3.63, 3.8) is 0 Å². The van der Waals surface area contributed by atoms with E-state index >= 15 is 0 Å². The van der Waals surface area contributed by atoms with Gasteiger partial charge in [0.05, 0.1) is 0 Å². The Morgan fingerprint density at radius 2 is 2.19 bits per heavy atom. The van der Waals surface area contributed by atoms with Gasteiger partial charge in [-0.2, -0.15) is 0 Å². The fourth-order valence-corrected chi connectivity index (χ4v) is 2.00. The van der Waals surface area contributed by atoms with E-state index in [2.05, 4.69) is 22.6 Å². The number of hydrogen-bond acceptors (Lipinski definition) is 3. The number of carbonyl (C=O) groups excluding carboxylic acids is 1. The van der Waals surface area contributed by atoms with Gasteiger partial charge < -0.3 is 15.5 Å². The summed E-state index contributed by atoms with van der Waals surface area (Å²) in [5, 5.41) is 6.41. The molecule has 0 radical (unpaired) electrons. The Bertz CT molecular complexity index is 218. The minimum atomic E-state index is 0.0841. The van der Waals surface area contributed by atoms with Crippen LogP contribution in [0.3, 0.4) is 0 Å². The van der Waals surface area contributed by atoms with Crippen LogP contribution in [0.15, 0.2) is 0 Å². The number of amides is 1. The number of likely N-dealkylation sites (N-methyl/N-ethyl adjacent to an activating group) is 1. The fraction of sp³-hybridized carbons (Fsp3) is 0.917. The van der Waals surface area contributed by atoms with Gasteiger partial charge in [0.2, 0.25) is 5.91 Å². The fourth-order valence-electron chi connectivity index (χ4n) is 2.00. The summed E-state index contributed by atoms with van der Waals surface area (Å²) in [5.74, 6) is 0.225. The molecule has 16 heavy (non-hydrogen) atoms. The van der Waals surface area contributed by atoms with Crippen LogP contribution in [-0.4, -0.2) is 50.1 Å². The molecule has 0 aromatic heterocycles. The summed E-state index contributed by atoms with van der Waals surface area (Å²) in [4.78, 5) is 13.7. The molecule has 4 heteroatoms. The van der Waals surface area contributed by atoms with E-state index in [0.717, 1.165) is 19.6 Å². The molecule has 4 nitrogen and oxygen atoms in total. The van der Waals surface area contributed by atoms with Crippen molar-refractivity contribution >= 4 is 5.91 Å². The minimum absolute atomic E-state index is 0.0841. The van der Waals surface area contributed by atoms with Crippen molar-refractivity contribution in [2.75, 3.05) is 33.2 Å². The molecular weight excluding hydrogens is 202 g/mol. The second kappa shape index (κ2) is 6.86. The van der Waals surface area contributed by atoms with Crippen LogP contribution >= 0.6 is 0 Å². The van der Waals surface area contributed by atoms with Crippen molar-refractivity contribution in [3.8, 4) is 0 Å². The summed E-state index contributed by atoms with van der Waals surface area (Å²) >= 11 is 0. The monoisotopic (exact) mass is 227 g/mol. The summed E-state index contributed by atoms with van der Waals surface area (Å²) < 4.78 is 0. The normalized spacial score (nSPS) is 22.4. The first kappa shape index (κ1) is 13.5. The first-order chi connectivity index (χ1) is 7.59. The predicted octanol–water partition coefficient (Wildman–Crippen LogP) is 0.442. The van der Waals surface area contributed by atoms with Crippen LogP contribution < -0.4 is 10.6 Å². The minimum Gasteiger partial charge on any atom is -0.355 e. The van der Waals surface area contributed by atoms with Crippen molar-refractivity contribution in [2.24, 2.45) is 5.92 Å². The Morgan fingerprint density at radius 1 is 1.44 bits per heavy atom. The topological polar surface area (TPSA) is 44.4 Å². The summed E-state index contributed by atoms with van der Waals surface area (Å²) in [6.45, 7) is 7.77. The molecule has 1 saturated heterocycles. The van der Waals surface area contributed by atoms with E-state index in [9.17, 15) is 4.79 Å². The van der Waals surface area contributed by atoms with E-state index in [0.29, 0.717) is 6.04 Å². The summed E-state index contributed by atoms with van der Waals surface area (Å²) in [5.41, 5.74) is 0. The van der Waals surface area contributed by atoms with E-state index in [1.165, 1.54) is 19.4 Å². The summed E-state index contributed by atoms with van der Waals surface area (Å²) in [6, 6.07) is 0.592. The molecular formula is C12H25N3O. The zero-order chi connectivity index (χ0) is 12.0. The van der Waals surface area contributed by atoms with Gasteiger partial charge in [-0.25, -0.2) is 0 Å². The van der Waals surface area contributed by atoms with Gasteiger partial charge in [-0.05, 0) is 26.4 Å². The third-order valence-corrected chi connectivity index (χ3v) is 3.01. The highest BCUT2D eigenvalue weighted by atomic mass is 16.1. The molecule has 1 rings (SSSR count). The van der Waals surface area contributed by atoms with E-state index in [4.69, 9.17) is 0 Å². The van der Waals surface area contributed by atoms with Crippen LogP contribution in [-0.2, 0) is 4.79 Å². The van der Waals surface area contributed by atoms with Crippen LogP contribution in [0.2, 0.25) is 0 Å². The van der Waals surface area contributed by atoms with Crippen molar-refractivity contribution in [1.29, 1.82) is 0 Å². The van der Waals surface area contributed by atoms with E-state index in [1.807, 2.05) is 13.8 Å². The maximum atomic E-state index is 11.3. The van der Waals surface area contributed by atoms with Gasteiger partial charge in [-0.15, -0.1) is 0 Å². The van der Waals surface area contributed by atoms with E-state index in [1.54, 1.807) is 0 Å². The van der Waals surface area contributed by atoms with E-state index < -0.39 is 0 Å². The average molecular weight is 227 g/mol. The number of nitrogens with one attached hydrogen (secondary N) is 2. The molecule has 0 bridgehead atoms. The summed E-state index contributed by atoms with van der Waals surface area (Å²) in [6.07, 6.45) is 2.52. The first-order valence-electron chi connectivity index (χ1n) is 6.29. The SMILES string of the molecule is CC(C)C(=O)NCCNC1CCCN(C)C1. The van der Waals surface area contributed by atoms with Crippen LogP contribution in [0.1, 0.15) is 26.7 Å². The van der Waals surface area contributed by atoms with Crippen LogP contribution in [0.5, 0.6) is 0 Å². The van der Waals surface area contributed by atoms with Gasteiger partial charge in [0, 0.05) is 31.6 Å². The number of hydrogen-bond donors (Lipinski definition) is 2. The molecule has 0 saturated carbocycles. The lowest BCUT2D eigenvalue weighted by Gasteiger charge is -2.30. The molecule has 1 heterocycles. The first-order valence-corrected chi connectivity index (χ1v) is 6.29. The number of carbonyl (C=O) groups is 1. The highest BCUT2D eigenvalue weighted by molar-refractivity contribution is 5.77. The van der Waals surface area contributed by atoms with Gasteiger partial charge in [0.25, 0.3) is 0 Å². The Labute approximate surface area is 98.8 Å². The molecule has 1 aliphatic rings. The highest BCUT2D eigenvalue weighted by Gasteiger charge is 2.15. The third-order valence-electron chi connectivity index (χ3n) is 3.01. The lowest BCUT2D eigenvalue weighted by atomic mass is 10.1. The second-order valence-corrected chi connectivity index (χ2v) is 5.00. The molecule has 1 aliphatic heterocycles. The molecule has 2 N–H and O–H groups in total. The maximum Gasteiger partial charge on any atom is 0.222 e. The molecule has 0 aromatic rings. The Hall–Kier alpha value is -0.610. The van der Waals surface area contributed by atoms with Crippen molar-refractivity contribution in [3.05, 3.63) is 0 Å². The van der Waals surface area contributed by atoms with Gasteiger partial charge in [0.15, 0.2) is 0 Å². The molecule has 0 spiro atoms. The molecule has 0 aliphatic carbocycles. The molecule has 0 aromatic carbocycles. The highest BCUT2D eigenvalue weighted by Crippen LogP contribution is 2.07. The smallest absolute Gasteiger partial charge is 0.222 e. The molecule has 1 amide bonds. The number of piperidine rings is 1. The second-order valence-electron chi connectivity index (χ2n) is 5.00. The van der Waals surface area contributed by atoms with Gasteiger partial charge in [-0.3, -0.25) is 4.79 Å². The summed E-state index contributed by atoms with van der Waals surface area (Å²) in [7, 11) is 2.16. The van der Waals surface area contributed by atoms with Crippen molar-refractivity contribution in [1.82, 2.24) is 15.5 Å². The molecule has 94 valence electrons. The maximum absolute atomic E-state index is 11.3. The Morgan fingerprint density at radius 3 is 2.81 bits per heavy atom. The lowest BCUT2D eigenvalue weighted by molar-refractivity contribution is -0.123. The van der Waals surface area contributed by atoms with Gasteiger partial charge in [0.1, 0.15) is 0 Å². The quantitative estimate of drug-likeness (QED) is 0.670. The largest absolute Gasteiger partial charge is 0.355 e. The average Bonchev–Trinajstić information content (AvgIpc) is 2.24. The molecule has 1 fully saturated rings.